The maximum atomic E-state index is 10.7. The number of primary amides is 1. The highest BCUT2D eigenvalue weighted by Crippen LogP contribution is 2.11. The quantitative estimate of drug-likeness (QED) is 0.895. The van der Waals surface area contributed by atoms with E-state index < -0.39 is 12.0 Å². The predicted octanol–water partition coefficient (Wildman–Crippen LogP) is 1.84. The van der Waals surface area contributed by atoms with Gasteiger partial charge < -0.3 is 10.5 Å². The largest absolute Gasteiger partial charge is 0.367 e. The molecule has 2 N–H and O–H groups in total. The van der Waals surface area contributed by atoms with Crippen LogP contribution in [0.2, 0.25) is 0 Å². The Kier molecular flexibility index (Phi) is 4.10. The summed E-state index contributed by atoms with van der Waals surface area (Å²) < 4.78 is 6.26. The smallest absolute Gasteiger partial charge is 0.246 e. The SMILES string of the molecule is CC(OCc1ccc(Br)cc1)C(N)=O. The lowest BCUT2D eigenvalue weighted by Crippen LogP contribution is -2.27. The van der Waals surface area contributed by atoms with Crippen molar-refractivity contribution in [3.8, 4) is 0 Å². The Morgan fingerprint density at radius 3 is 2.57 bits per heavy atom. The minimum atomic E-state index is -0.543. The van der Waals surface area contributed by atoms with E-state index in [1.165, 1.54) is 0 Å². The van der Waals surface area contributed by atoms with E-state index in [4.69, 9.17) is 10.5 Å². The Labute approximate surface area is 91.4 Å². The number of carbonyl (C=O) groups is 1. The van der Waals surface area contributed by atoms with Crippen molar-refractivity contribution in [1.82, 2.24) is 0 Å². The molecule has 0 fully saturated rings. The van der Waals surface area contributed by atoms with Crippen molar-refractivity contribution < 1.29 is 9.53 Å². The first-order valence-electron chi connectivity index (χ1n) is 4.25. The average molecular weight is 258 g/mol. The normalized spacial score (nSPS) is 12.4. The van der Waals surface area contributed by atoms with E-state index >= 15 is 0 Å². The van der Waals surface area contributed by atoms with Crippen molar-refractivity contribution >= 4 is 21.8 Å². The number of nitrogens with two attached hydrogens (primary N) is 1. The Bertz CT molecular complexity index is 310. The van der Waals surface area contributed by atoms with Gasteiger partial charge in [-0.05, 0) is 24.6 Å². The molecule has 1 atom stereocenters. The highest BCUT2D eigenvalue weighted by atomic mass is 79.9. The molecular weight excluding hydrogens is 246 g/mol. The highest BCUT2D eigenvalue weighted by molar-refractivity contribution is 9.10. The van der Waals surface area contributed by atoms with Crippen molar-refractivity contribution in [1.29, 1.82) is 0 Å². The first-order valence-corrected chi connectivity index (χ1v) is 5.04. The molecule has 0 bridgehead atoms. The van der Waals surface area contributed by atoms with Gasteiger partial charge in [0.25, 0.3) is 0 Å². The van der Waals surface area contributed by atoms with Gasteiger partial charge in [0.1, 0.15) is 6.10 Å². The predicted molar refractivity (Wildman–Crippen MR) is 57.6 cm³/mol. The van der Waals surface area contributed by atoms with Gasteiger partial charge in [-0.3, -0.25) is 4.79 Å². The van der Waals surface area contributed by atoms with E-state index in [1.807, 2.05) is 24.3 Å². The number of hydrogen-bond acceptors (Lipinski definition) is 2. The van der Waals surface area contributed by atoms with E-state index in [0.29, 0.717) is 6.61 Å². The fourth-order valence-electron chi connectivity index (χ4n) is 0.884. The van der Waals surface area contributed by atoms with E-state index in [2.05, 4.69) is 15.9 Å². The summed E-state index contributed by atoms with van der Waals surface area (Å²) in [5, 5.41) is 0. The molecule has 1 amide bonds. The number of rotatable bonds is 4. The van der Waals surface area contributed by atoms with Crippen LogP contribution in [-0.4, -0.2) is 12.0 Å². The van der Waals surface area contributed by atoms with Crippen LogP contribution in [0.5, 0.6) is 0 Å². The second-order valence-electron chi connectivity index (χ2n) is 2.98. The number of benzene rings is 1. The number of amides is 1. The van der Waals surface area contributed by atoms with Crippen LogP contribution in [0.4, 0.5) is 0 Å². The van der Waals surface area contributed by atoms with Gasteiger partial charge in [-0.15, -0.1) is 0 Å². The third-order valence-corrected chi connectivity index (χ3v) is 2.34. The van der Waals surface area contributed by atoms with Crippen LogP contribution in [0.15, 0.2) is 28.7 Å². The molecule has 0 heterocycles. The lowest BCUT2D eigenvalue weighted by Gasteiger charge is -2.08. The van der Waals surface area contributed by atoms with Gasteiger partial charge in [-0.2, -0.15) is 0 Å². The molecule has 14 heavy (non-hydrogen) atoms. The third kappa shape index (κ3) is 3.47. The first kappa shape index (κ1) is 11.2. The van der Waals surface area contributed by atoms with E-state index in [9.17, 15) is 4.79 Å². The molecule has 0 aliphatic heterocycles. The van der Waals surface area contributed by atoms with Gasteiger partial charge in [0.2, 0.25) is 5.91 Å². The summed E-state index contributed by atoms with van der Waals surface area (Å²) in [7, 11) is 0. The molecule has 0 aliphatic rings. The summed E-state index contributed by atoms with van der Waals surface area (Å²) in [6.07, 6.45) is -0.543. The van der Waals surface area contributed by atoms with Crippen LogP contribution >= 0.6 is 15.9 Å². The minimum Gasteiger partial charge on any atom is -0.367 e. The summed E-state index contributed by atoms with van der Waals surface area (Å²) in [6, 6.07) is 7.71. The van der Waals surface area contributed by atoms with Crippen molar-refractivity contribution in [3.63, 3.8) is 0 Å². The first-order chi connectivity index (χ1) is 6.59. The fourth-order valence-corrected chi connectivity index (χ4v) is 1.15. The molecule has 0 radical (unpaired) electrons. The molecule has 76 valence electrons. The minimum absolute atomic E-state index is 0.400. The second kappa shape index (κ2) is 5.12. The summed E-state index contributed by atoms with van der Waals surface area (Å²) >= 11 is 3.33. The molecule has 0 saturated heterocycles. The molecular formula is C10H12BrNO2. The summed E-state index contributed by atoms with van der Waals surface area (Å²) in [5.41, 5.74) is 6.07. The molecule has 1 unspecified atom stereocenters. The summed E-state index contributed by atoms with van der Waals surface area (Å²) in [4.78, 5) is 10.7. The van der Waals surface area contributed by atoms with Crippen molar-refractivity contribution in [2.45, 2.75) is 19.6 Å². The maximum Gasteiger partial charge on any atom is 0.246 e. The van der Waals surface area contributed by atoms with Crippen LogP contribution in [0.1, 0.15) is 12.5 Å². The van der Waals surface area contributed by atoms with Crippen molar-refractivity contribution in [3.05, 3.63) is 34.3 Å². The van der Waals surface area contributed by atoms with Gasteiger partial charge in [0.05, 0.1) is 6.61 Å². The van der Waals surface area contributed by atoms with Gasteiger partial charge >= 0.3 is 0 Å². The fraction of sp³-hybridized carbons (Fsp3) is 0.300. The number of carbonyl (C=O) groups excluding carboxylic acids is 1. The third-order valence-electron chi connectivity index (χ3n) is 1.81. The Morgan fingerprint density at radius 2 is 2.07 bits per heavy atom. The lowest BCUT2D eigenvalue weighted by molar-refractivity contribution is -0.129. The van der Waals surface area contributed by atoms with Crippen LogP contribution in [-0.2, 0) is 16.1 Å². The molecule has 3 nitrogen and oxygen atoms in total. The average Bonchev–Trinajstić information content (AvgIpc) is 2.16. The van der Waals surface area contributed by atoms with Gasteiger partial charge in [0, 0.05) is 4.47 Å². The Balaban J connectivity index is 2.46. The monoisotopic (exact) mass is 257 g/mol. The molecule has 1 rings (SSSR count). The van der Waals surface area contributed by atoms with Crippen LogP contribution in [0.3, 0.4) is 0 Å². The maximum absolute atomic E-state index is 10.7. The molecule has 4 heteroatoms. The lowest BCUT2D eigenvalue weighted by atomic mass is 10.2. The zero-order chi connectivity index (χ0) is 10.6. The Morgan fingerprint density at radius 1 is 1.50 bits per heavy atom. The van der Waals surface area contributed by atoms with Crippen molar-refractivity contribution in [2.24, 2.45) is 5.73 Å². The zero-order valence-corrected chi connectivity index (χ0v) is 9.45. The van der Waals surface area contributed by atoms with Crippen LogP contribution in [0, 0.1) is 0 Å². The van der Waals surface area contributed by atoms with E-state index in [0.717, 1.165) is 10.0 Å². The summed E-state index contributed by atoms with van der Waals surface area (Å²) in [5.74, 6) is -0.442. The number of halogens is 1. The molecule has 1 aromatic rings. The van der Waals surface area contributed by atoms with E-state index in [1.54, 1.807) is 6.92 Å². The van der Waals surface area contributed by atoms with Gasteiger partial charge in [-0.25, -0.2) is 0 Å². The molecule has 0 aliphatic carbocycles. The van der Waals surface area contributed by atoms with Crippen molar-refractivity contribution in [2.75, 3.05) is 0 Å². The molecule has 0 aromatic heterocycles. The second-order valence-corrected chi connectivity index (χ2v) is 3.90. The Hall–Kier alpha value is -0.870. The molecule has 0 saturated carbocycles. The van der Waals surface area contributed by atoms with Gasteiger partial charge in [-0.1, -0.05) is 28.1 Å². The van der Waals surface area contributed by atoms with Gasteiger partial charge in [0.15, 0.2) is 0 Å². The number of ether oxygens (including phenoxy) is 1. The topological polar surface area (TPSA) is 52.3 Å². The number of hydrogen-bond donors (Lipinski definition) is 1. The molecule has 1 aromatic carbocycles. The standard InChI is InChI=1S/C10H12BrNO2/c1-7(10(12)13)14-6-8-2-4-9(11)5-3-8/h2-5,7H,6H2,1H3,(H2,12,13). The summed E-state index contributed by atoms with van der Waals surface area (Å²) in [6.45, 7) is 2.04. The van der Waals surface area contributed by atoms with Crippen LogP contribution in [0.25, 0.3) is 0 Å². The highest BCUT2D eigenvalue weighted by Gasteiger charge is 2.08. The van der Waals surface area contributed by atoms with E-state index in [-0.39, 0.29) is 0 Å². The zero-order valence-electron chi connectivity index (χ0n) is 7.87. The van der Waals surface area contributed by atoms with Crippen LogP contribution < -0.4 is 5.73 Å². The molecule has 0 spiro atoms.